The molecule has 0 N–H and O–H groups in total. The monoisotopic (exact) mass is 491 g/mol. The third-order valence-corrected chi connectivity index (χ3v) is 7.30. The van der Waals surface area contributed by atoms with Crippen LogP contribution in [-0.2, 0) is 22.6 Å². The number of pyridine rings is 2. The Bertz CT molecular complexity index is 1460. The molecule has 0 radical (unpaired) electrons. The molecule has 0 saturated carbocycles. The van der Waals surface area contributed by atoms with Gasteiger partial charge in [0.15, 0.2) is 15.7 Å². The van der Waals surface area contributed by atoms with E-state index in [0.717, 1.165) is 17.7 Å². The van der Waals surface area contributed by atoms with Crippen molar-refractivity contribution in [3.8, 4) is 33.9 Å². The van der Waals surface area contributed by atoms with E-state index in [1.54, 1.807) is 16.8 Å². The van der Waals surface area contributed by atoms with Gasteiger partial charge in [0.25, 0.3) is 0 Å². The van der Waals surface area contributed by atoms with Gasteiger partial charge < -0.3 is 4.57 Å². The molecule has 5 nitrogen and oxygen atoms in total. The van der Waals surface area contributed by atoms with Gasteiger partial charge in [-0.2, -0.15) is 13.2 Å². The Morgan fingerprint density at radius 1 is 1.03 bits per heavy atom. The Kier molecular flexibility index (Phi) is 5.97. The van der Waals surface area contributed by atoms with Crippen molar-refractivity contribution in [2.45, 2.75) is 38.4 Å². The number of hydrogen-bond donors (Lipinski definition) is 0. The van der Waals surface area contributed by atoms with E-state index in [1.807, 2.05) is 13.8 Å². The standard InChI is InChI=1S/C24H21F4N3O2S/c1-4-31-13-14(3)9-18-23(31)20(25)22(30-18)21-19(34(32,33)5-2)11-16(12-29-21)15-7-6-8-17(10-15)24(26,27)28/h6-13H,4-5H2,1-3H3. The highest BCUT2D eigenvalue weighted by molar-refractivity contribution is 7.91. The van der Waals surface area contributed by atoms with Crippen molar-refractivity contribution >= 4 is 9.84 Å². The zero-order valence-corrected chi connectivity index (χ0v) is 19.4. The number of aromatic nitrogens is 3. The lowest BCUT2D eigenvalue weighted by atomic mass is 10.0. The van der Waals surface area contributed by atoms with Crippen molar-refractivity contribution in [3.05, 3.63) is 65.7 Å². The number of rotatable bonds is 5. The maximum absolute atomic E-state index is 15.5. The number of aryl methyl sites for hydroxylation is 2. The summed E-state index contributed by atoms with van der Waals surface area (Å²) in [6.07, 6.45) is -1.56. The summed E-state index contributed by atoms with van der Waals surface area (Å²) in [6, 6.07) is 7.43. The van der Waals surface area contributed by atoms with Crippen molar-refractivity contribution in [1.29, 1.82) is 0 Å². The van der Waals surface area contributed by atoms with E-state index < -0.39 is 27.4 Å². The summed E-state index contributed by atoms with van der Waals surface area (Å²) in [6.45, 7) is 5.59. The maximum atomic E-state index is 15.5. The molecule has 0 bridgehead atoms. The molecular weight excluding hydrogens is 470 g/mol. The number of halogens is 4. The van der Waals surface area contributed by atoms with E-state index >= 15 is 4.39 Å². The summed E-state index contributed by atoms with van der Waals surface area (Å²) >= 11 is 0. The normalized spacial score (nSPS) is 12.4. The third kappa shape index (κ3) is 4.18. The van der Waals surface area contributed by atoms with Crippen molar-refractivity contribution in [3.63, 3.8) is 0 Å². The number of sulfone groups is 1. The van der Waals surface area contributed by atoms with Gasteiger partial charge in [-0.25, -0.2) is 17.8 Å². The lowest BCUT2D eigenvalue weighted by Gasteiger charge is -2.12. The minimum absolute atomic E-state index is 0.141. The summed E-state index contributed by atoms with van der Waals surface area (Å²) in [7, 11) is -3.92. The zero-order valence-electron chi connectivity index (χ0n) is 18.6. The Morgan fingerprint density at radius 3 is 2.41 bits per heavy atom. The second-order valence-electron chi connectivity index (χ2n) is 7.86. The van der Waals surface area contributed by atoms with Crippen molar-refractivity contribution in [2.75, 3.05) is 5.75 Å². The van der Waals surface area contributed by atoms with E-state index in [4.69, 9.17) is 0 Å². The first kappa shape index (κ1) is 23.9. The van der Waals surface area contributed by atoms with E-state index in [2.05, 4.69) is 9.97 Å². The molecule has 0 saturated heterocycles. The fraction of sp³-hybridized carbons (Fsp3) is 0.250. The largest absolute Gasteiger partial charge is 0.416 e. The fourth-order valence-corrected chi connectivity index (χ4v) is 4.90. The van der Waals surface area contributed by atoms with Crippen LogP contribution in [0.15, 0.2) is 53.7 Å². The highest BCUT2D eigenvalue weighted by atomic mass is 32.2. The molecule has 4 rings (SSSR count). The van der Waals surface area contributed by atoms with Gasteiger partial charge in [0, 0.05) is 24.5 Å². The minimum atomic E-state index is -4.56. The average Bonchev–Trinajstić information content (AvgIpc) is 3.13. The van der Waals surface area contributed by atoms with Crippen LogP contribution >= 0.6 is 0 Å². The molecule has 0 fully saturated rings. The van der Waals surface area contributed by atoms with Crippen LogP contribution in [0.3, 0.4) is 0 Å². The van der Waals surface area contributed by atoms with Gasteiger partial charge in [0.2, 0.25) is 0 Å². The van der Waals surface area contributed by atoms with Gasteiger partial charge in [-0.1, -0.05) is 19.1 Å². The smallest absolute Gasteiger partial charge is 0.344 e. The van der Waals surface area contributed by atoms with Gasteiger partial charge in [-0.15, -0.1) is 0 Å². The molecule has 10 heteroatoms. The van der Waals surface area contributed by atoms with E-state index in [9.17, 15) is 21.6 Å². The first-order valence-electron chi connectivity index (χ1n) is 10.5. The van der Waals surface area contributed by atoms with Crippen molar-refractivity contribution in [1.82, 2.24) is 14.5 Å². The molecule has 0 aliphatic carbocycles. The number of hydrogen-bond acceptors (Lipinski definition) is 4. The summed E-state index contributed by atoms with van der Waals surface area (Å²) in [5.74, 6) is -1.01. The average molecular weight is 492 g/mol. The quantitative estimate of drug-likeness (QED) is 0.322. The van der Waals surface area contributed by atoms with Crippen LogP contribution in [0.4, 0.5) is 17.6 Å². The Balaban J connectivity index is 1.96. The van der Waals surface area contributed by atoms with E-state index in [-0.39, 0.29) is 38.9 Å². The third-order valence-electron chi connectivity index (χ3n) is 5.56. The van der Waals surface area contributed by atoms with Gasteiger partial charge in [-0.05, 0) is 49.2 Å². The minimum Gasteiger partial charge on any atom is -0.344 e. The summed E-state index contributed by atoms with van der Waals surface area (Å²) in [5, 5.41) is 0. The first-order chi connectivity index (χ1) is 16.0. The molecule has 0 atom stereocenters. The Morgan fingerprint density at radius 2 is 1.76 bits per heavy atom. The Labute approximate surface area is 194 Å². The predicted molar refractivity (Wildman–Crippen MR) is 121 cm³/mol. The van der Waals surface area contributed by atoms with Crippen LogP contribution in [0.1, 0.15) is 25.0 Å². The maximum Gasteiger partial charge on any atom is 0.416 e. The predicted octanol–water partition coefficient (Wildman–Crippen LogP) is 6.00. The Hall–Kier alpha value is -3.27. The topological polar surface area (TPSA) is 64.8 Å². The highest BCUT2D eigenvalue weighted by Crippen LogP contribution is 2.38. The number of benzene rings is 1. The second kappa shape index (κ2) is 8.50. The molecule has 2 aromatic rings. The molecule has 0 amide bonds. The molecule has 0 unspecified atom stereocenters. The molecule has 3 heterocycles. The molecule has 1 aromatic carbocycles. The van der Waals surface area contributed by atoms with Gasteiger partial charge in [0.1, 0.15) is 17.1 Å². The van der Waals surface area contributed by atoms with Crippen LogP contribution in [0.2, 0.25) is 0 Å². The molecule has 178 valence electrons. The molecular formula is C24H21F4N3O2S. The lowest BCUT2D eigenvalue weighted by Crippen LogP contribution is -2.08. The lowest BCUT2D eigenvalue weighted by molar-refractivity contribution is -0.137. The summed E-state index contributed by atoms with van der Waals surface area (Å²) in [4.78, 5) is 8.25. The fourth-order valence-electron chi connectivity index (χ4n) is 3.84. The number of fused-ring (bicyclic) bond motifs is 1. The SMILES string of the molecule is CCn1cc(C)cc2nc(-c3ncc(-c4cccc(C(F)(F)F)c4)cc3S(=O)(=O)CC)c(F)c1-2. The van der Waals surface area contributed by atoms with Crippen LogP contribution in [-0.4, -0.2) is 28.7 Å². The van der Waals surface area contributed by atoms with Gasteiger partial charge in [-0.3, -0.25) is 4.98 Å². The molecule has 0 spiro atoms. The van der Waals surface area contributed by atoms with Gasteiger partial charge >= 0.3 is 6.18 Å². The van der Waals surface area contributed by atoms with Crippen LogP contribution in [0, 0.1) is 12.7 Å². The molecule has 1 aromatic heterocycles. The summed E-state index contributed by atoms with van der Waals surface area (Å²) in [5.41, 5.74) is 0.484. The van der Waals surface area contributed by atoms with Crippen LogP contribution in [0.25, 0.3) is 33.9 Å². The second-order valence-corrected chi connectivity index (χ2v) is 10.1. The summed E-state index contributed by atoms with van der Waals surface area (Å²) < 4.78 is 82.6. The van der Waals surface area contributed by atoms with Gasteiger partial charge in [0.05, 0.1) is 21.9 Å². The molecule has 2 aliphatic heterocycles. The number of alkyl halides is 3. The van der Waals surface area contributed by atoms with Crippen LogP contribution in [0.5, 0.6) is 0 Å². The first-order valence-corrected chi connectivity index (χ1v) is 12.2. The van der Waals surface area contributed by atoms with E-state index in [0.29, 0.717) is 12.2 Å². The van der Waals surface area contributed by atoms with Crippen LogP contribution < -0.4 is 0 Å². The van der Waals surface area contributed by atoms with E-state index in [1.165, 1.54) is 31.3 Å². The zero-order chi connectivity index (χ0) is 24.8. The van der Waals surface area contributed by atoms with Crippen molar-refractivity contribution in [2.24, 2.45) is 0 Å². The highest BCUT2D eigenvalue weighted by Gasteiger charge is 2.31. The molecule has 34 heavy (non-hydrogen) atoms. The molecule has 2 aliphatic rings. The van der Waals surface area contributed by atoms with Crippen molar-refractivity contribution < 1.29 is 26.0 Å². The number of nitrogens with zero attached hydrogens (tertiary/aromatic N) is 3.